The van der Waals surface area contributed by atoms with Gasteiger partial charge in [0.2, 0.25) is 0 Å². The summed E-state index contributed by atoms with van der Waals surface area (Å²) in [5.74, 6) is 0.00546. The lowest BCUT2D eigenvalue weighted by molar-refractivity contribution is 0.101. The minimum absolute atomic E-state index is 0.00546. The van der Waals surface area contributed by atoms with Crippen LogP contribution in [0.15, 0.2) is 18.2 Å². The Balaban J connectivity index is 3.28. The Hall–Kier alpha value is -1.02. The van der Waals surface area contributed by atoms with E-state index in [-0.39, 0.29) is 5.78 Å². The molecule has 1 aromatic rings. The predicted octanol–water partition coefficient (Wildman–Crippen LogP) is 3.00. The Bertz CT molecular complexity index is 349. The molecule has 0 saturated carbocycles. The van der Waals surface area contributed by atoms with E-state index in [2.05, 4.69) is 0 Å². The number of carbonyl (C=O) groups excluding carboxylic acids is 1. The standard InChI is InChI=1S/C11H14ClNO/c1-4-13(3)10-7-5-6-9(12)11(10)8(2)14/h5-7H,4H2,1-3H3. The number of Topliss-reactive ketones (excluding diaryl/α,β-unsaturated/α-hetero) is 1. The van der Waals surface area contributed by atoms with Gasteiger partial charge in [0, 0.05) is 19.3 Å². The SMILES string of the molecule is CCN(C)c1cccc(Cl)c1C(C)=O. The Kier molecular flexibility index (Phi) is 3.53. The first kappa shape index (κ1) is 11.1. The van der Waals surface area contributed by atoms with Crippen molar-refractivity contribution in [2.24, 2.45) is 0 Å². The molecule has 0 bridgehead atoms. The normalized spacial score (nSPS) is 10.0. The molecule has 0 radical (unpaired) electrons. The Morgan fingerprint density at radius 1 is 1.50 bits per heavy atom. The van der Waals surface area contributed by atoms with Crippen LogP contribution in [0.25, 0.3) is 0 Å². The molecular formula is C11H14ClNO. The lowest BCUT2D eigenvalue weighted by Gasteiger charge is -2.20. The largest absolute Gasteiger partial charge is 0.374 e. The fraction of sp³-hybridized carbons (Fsp3) is 0.364. The highest BCUT2D eigenvalue weighted by Crippen LogP contribution is 2.27. The van der Waals surface area contributed by atoms with Gasteiger partial charge in [0.1, 0.15) is 0 Å². The van der Waals surface area contributed by atoms with E-state index in [9.17, 15) is 4.79 Å². The van der Waals surface area contributed by atoms with Crippen LogP contribution in [-0.4, -0.2) is 19.4 Å². The molecule has 0 heterocycles. The van der Waals surface area contributed by atoms with Gasteiger partial charge in [-0.2, -0.15) is 0 Å². The molecule has 0 aliphatic heterocycles. The first-order chi connectivity index (χ1) is 6.57. The van der Waals surface area contributed by atoms with Gasteiger partial charge in [-0.1, -0.05) is 17.7 Å². The van der Waals surface area contributed by atoms with Crippen LogP contribution in [0.2, 0.25) is 5.02 Å². The second-order valence-electron chi connectivity index (χ2n) is 3.20. The topological polar surface area (TPSA) is 20.3 Å². The van der Waals surface area contributed by atoms with Crippen LogP contribution in [-0.2, 0) is 0 Å². The summed E-state index contributed by atoms with van der Waals surface area (Å²) >= 11 is 5.98. The van der Waals surface area contributed by atoms with Gasteiger partial charge in [-0.3, -0.25) is 4.79 Å². The summed E-state index contributed by atoms with van der Waals surface area (Å²) in [6.07, 6.45) is 0. The van der Waals surface area contributed by atoms with Crippen LogP contribution in [0.4, 0.5) is 5.69 Å². The molecule has 0 aromatic heterocycles. The molecule has 0 aliphatic carbocycles. The summed E-state index contributed by atoms with van der Waals surface area (Å²) in [7, 11) is 1.94. The van der Waals surface area contributed by atoms with Crippen molar-refractivity contribution in [1.82, 2.24) is 0 Å². The van der Waals surface area contributed by atoms with E-state index in [4.69, 9.17) is 11.6 Å². The van der Waals surface area contributed by atoms with Gasteiger partial charge in [0.25, 0.3) is 0 Å². The fourth-order valence-corrected chi connectivity index (χ4v) is 1.65. The summed E-state index contributed by atoms with van der Waals surface area (Å²) in [6, 6.07) is 5.51. The van der Waals surface area contributed by atoms with E-state index in [1.165, 1.54) is 6.92 Å². The molecule has 3 heteroatoms. The Morgan fingerprint density at radius 2 is 2.14 bits per heavy atom. The predicted molar refractivity (Wildman–Crippen MR) is 60.4 cm³/mol. The number of benzene rings is 1. The zero-order valence-electron chi connectivity index (χ0n) is 8.67. The average molecular weight is 212 g/mol. The summed E-state index contributed by atoms with van der Waals surface area (Å²) in [5.41, 5.74) is 1.51. The lowest BCUT2D eigenvalue weighted by Crippen LogP contribution is -2.18. The number of carbonyl (C=O) groups is 1. The zero-order chi connectivity index (χ0) is 10.7. The molecule has 0 amide bonds. The van der Waals surface area contributed by atoms with E-state index in [0.29, 0.717) is 10.6 Å². The van der Waals surface area contributed by atoms with Crippen molar-refractivity contribution < 1.29 is 4.79 Å². The second kappa shape index (κ2) is 4.47. The monoisotopic (exact) mass is 211 g/mol. The highest BCUT2D eigenvalue weighted by Gasteiger charge is 2.13. The number of halogens is 1. The van der Waals surface area contributed by atoms with Gasteiger partial charge in [-0.25, -0.2) is 0 Å². The molecule has 2 nitrogen and oxygen atoms in total. The molecule has 0 fully saturated rings. The van der Waals surface area contributed by atoms with Gasteiger partial charge in [-0.05, 0) is 26.0 Å². The Morgan fingerprint density at radius 3 is 2.64 bits per heavy atom. The quantitative estimate of drug-likeness (QED) is 0.717. The van der Waals surface area contributed by atoms with Crippen molar-refractivity contribution in [2.45, 2.75) is 13.8 Å². The average Bonchev–Trinajstić information content (AvgIpc) is 2.15. The van der Waals surface area contributed by atoms with Crippen LogP contribution in [0.3, 0.4) is 0 Å². The molecule has 0 aliphatic rings. The first-order valence-electron chi connectivity index (χ1n) is 4.58. The third kappa shape index (κ3) is 2.07. The number of nitrogens with zero attached hydrogens (tertiary/aromatic N) is 1. The van der Waals surface area contributed by atoms with Crippen molar-refractivity contribution in [3.05, 3.63) is 28.8 Å². The second-order valence-corrected chi connectivity index (χ2v) is 3.61. The lowest BCUT2D eigenvalue weighted by atomic mass is 10.1. The van der Waals surface area contributed by atoms with Crippen molar-refractivity contribution in [1.29, 1.82) is 0 Å². The van der Waals surface area contributed by atoms with Crippen molar-refractivity contribution in [2.75, 3.05) is 18.5 Å². The molecule has 1 aromatic carbocycles. The number of rotatable bonds is 3. The Labute approximate surface area is 89.5 Å². The van der Waals surface area contributed by atoms with Gasteiger partial charge in [0.05, 0.1) is 10.6 Å². The van der Waals surface area contributed by atoms with Gasteiger partial charge < -0.3 is 4.90 Å². The molecular weight excluding hydrogens is 198 g/mol. The van der Waals surface area contributed by atoms with Crippen LogP contribution in [0, 0.1) is 0 Å². The van der Waals surface area contributed by atoms with Crippen LogP contribution in [0.1, 0.15) is 24.2 Å². The minimum atomic E-state index is 0.00546. The molecule has 0 spiro atoms. The molecule has 0 saturated heterocycles. The van der Waals surface area contributed by atoms with Crippen molar-refractivity contribution >= 4 is 23.1 Å². The van der Waals surface area contributed by atoms with Crippen LogP contribution in [0.5, 0.6) is 0 Å². The maximum absolute atomic E-state index is 11.4. The van der Waals surface area contributed by atoms with Crippen LogP contribution < -0.4 is 4.90 Å². The summed E-state index contributed by atoms with van der Waals surface area (Å²) < 4.78 is 0. The summed E-state index contributed by atoms with van der Waals surface area (Å²) in [4.78, 5) is 13.4. The van der Waals surface area contributed by atoms with E-state index < -0.39 is 0 Å². The summed E-state index contributed by atoms with van der Waals surface area (Å²) in [5, 5.41) is 0.523. The number of hydrogen-bond acceptors (Lipinski definition) is 2. The minimum Gasteiger partial charge on any atom is -0.374 e. The van der Waals surface area contributed by atoms with Gasteiger partial charge in [0.15, 0.2) is 5.78 Å². The molecule has 1 rings (SSSR count). The number of hydrogen-bond donors (Lipinski definition) is 0. The zero-order valence-corrected chi connectivity index (χ0v) is 9.43. The van der Waals surface area contributed by atoms with E-state index in [1.807, 2.05) is 31.0 Å². The third-order valence-electron chi connectivity index (χ3n) is 2.23. The van der Waals surface area contributed by atoms with Gasteiger partial charge >= 0.3 is 0 Å². The van der Waals surface area contributed by atoms with Crippen molar-refractivity contribution in [3.8, 4) is 0 Å². The highest BCUT2D eigenvalue weighted by molar-refractivity contribution is 6.34. The maximum atomic E-state index is 11.4. The molecule has 0 unspecified atom stereocenters. The van der Waals surface area contributed by atoms with E-state index >= 15 is 0 Å². The number of anilines is 1. The fourth-order valence-electron chi connectivity index (χ4n) is 1.35. The highest BCUT2D eigenvalue weighted by atomic mass is 35.5. The van der Waals surface area contributed by atoms with E-state index in [1.54, 1.807) is 6.07 Å². The molecule has 0 N–H and O–H groups in total. The smallest absolute Gasteiger partial charge is 0.163 e. The maximum Gasteiger partial charge on any atom is 0.163 e. The van der Waals surface area contributed by atoms with E-state index in [0.717, 1.165) is 12.2 Å². The third-order valence-corrected chi connectivity index (χ3v) is 2.54. The molecule has 76 valence electrons. The first-order valence-corrected chi connectivity index (χ1v) is 4.96. The molecule has 14 heavy (non-hydrogen) atoms. The van der Waals surface area contributed by atoms with Crippen molar-refractivity contribution in [3.63, 3.8) is 0 Å². The van der Waals surface area contributed by atoms with Crippen LogP contribution >= 0.6 is 11.6 Å². The van der Waals surface area contributed by atoms with Gasteiger partial charge in [-0.15, -0.1) is 0 Å². The summed E-state index contributed by atoms with van der Waals surface area (Å²) in [6.45, 7) is 4.42. The number of ketones is 1. The molecule has 0 atom stereocenters.